The highest BCUT2D eigenvalue weighted by molar-refractivity contribution is 5.90. The van der Waals surface area contributed by atoms with Gasteiger partial charge in [-0.1, -0.05) is 12.1 Å². The topological polar surface area (TPSA) is 78.6 Å². The van der Waals surface area contributed by atoms with Crippen LogP contribution in [0.5, 0.6) is 0 Å². The molecule has 1 fully saturated rings. The third-order valence-electron chi connectivity index (χ3n) is 4.09. The molecule has 2 rings (SSSR count). The Morgan fingerprint density at radius 3 is 3.05 bits per heavy atom. The molecule has 0 aliphatic carbocycles. The molecule has 5 nitrogen and oxygen atoms in total. The first-order chi connectivity index (χ1) is 10.1. The van der Waals surface area contributed by atoms with Gasteiger partial charge in [-0.05, 0) is 43.5 Å². The predicted molar refractivity (Wildman–Crippen MR) is 83.8 cm³/mol. The second-order valence-electron chi connectivity index (χ2n) is 5.79. The first kappa shape index (κ1) is 15.9. The number of aliphatic hydroxyl groups excluding tert-OH is 1. The lowest BCUT2D eigenvalue weighted by molar-refractivity contribution is -0.116. The molecule has 0 bridgehead atoms. The fourth-order valence-electron chi connectivity index (χ4n) is 2.72. The molecule has 0 saturated carbocycles. The van der Waals surface area contributed by atoms with Crippen LogP contribution in [0.2, 0.25) is 0 Å². The van der Waals surface area contributed by atoms with Crippen LogP contribution in [0.3, 0.4) is 0 Å². The van der Waals surface area contributed by atoms with Gasteiger partial charge >= 0.3 is 0 Å². The van der Waals surface area contributed by atoms with E-state index in [4.69, 9.17) is 5.73 Å². The summed E-state index contributed by atoms with van der Waals surface area (Å²) in [4.78, 5) is 14.2. The molecule has 2 atom stereocenters. The average Bonchev–Trinajstić information content (AvgIpc) is 2.94. The molecule has 1 heterocycles. The van der Waals surface area contributed by atoms with Gasteiger partial charge < -0.3 is 21.1 Å². The molecule has 1 aromatic rings. The molecule has 1 aliphatic rings. The number of nitrogens with two attached hydrogens (primary N) is 1. The Hall–Kier alpha value is -1.43. The lowest BCUT2D eigenvalue weighted by atomic mass is 10.0. The number of anilines is 1. The first-order valence-corrected chi connectivity index (χ1v) is 7.57. The molecule has 1 aromatic carbocycles. The number of aliphatic hydroxyl groups is 1. The van der Waals surface area contributed by atoms with Gasteiger partial charge in [0.15, 0.2) is 0 Å². The third-order valence-corrected chi connectivity index (χ3v) is 4.09. The number of hydrogen-bond acceptors (Lipinski definition) is 4. The summed E-state index contributed by atoms with van der Waals surface area (Å²) in [5, 5.41) is 12.5. The van der Waals surface area contributed by atoms with Crippen molar-refractivity contribution in [3.8, 4) is 0 Å². The van der Waals surface area contributed by atoms with E-state index in [0.29, 0.717) is 18.9 Å². The molecule has 116 valence electrons. The van der Waals surface area contributed by atoms with Crippen LogP contribution in [-0.2, 0) is 11.3 Å². The Kier molecular flexibility index (Phi) is 5.73. The fourth-order valence-corrected chi connectivity index (χ4v) is 2.72. The molecule has 1 aliphatic heterocycles. The van der Waals surface area contributed by atoms with Gasteiger partial charge in [0.05, 0.1) is 6.10 Å². The van der Waals surface area contributed by atoms with E-state index in [1.165, 1.54) is 0 Å². The van der Waals surface area contributed by atoms with Crippen LogP contribution >= 0.6 is 0 Å². The van der Waals surface area contributed by atoms with Gasteiger partial charge in [0.2, 0.25) is 5.91 Å². The molecular formula is C16H25N3O2. The van der Waals surface area contributed by atoms with Crippen LogP contribution in [0, 0.1) is 5.92 Å². The number of benzene rings is 1. The first-order valence-electron chi connectivity index (χ1n) is 7.57. The number of likely N-dealkylation sites (tertiary alicyclic amines) is 1. The van der Waals surface area contributed by atoms with Crippen molar-refractivity contribution < 1.29 is 9.90 Å². The summed E-state index contributed by atoms with van der Waals surface area (Å²) < 4.78 is 0. The lowest BCUT2D eigenvalue weighted by Gasteiger charge is -2.17. The predicted octanol–water partition coefficient (Wildman–Crippen LogP) is 1.18. The molecule has 4 N–H and O–H groups in total. The highest BCUT2D eigenvalue weighted by Gasteiger charge is 2.25. The van der Waals surface area contributed by atoms with Crippen molar-refractivity contribution >= 4 is 11.6 Å². The number of rotatable bonds is 6. The third kappa shape index (κ3) is 4.81. The van der Waals surface area contributed by atoms with E-state index >= 15 is 0 Å². The zero-order valence-corrected chi connectivity index (χ0v) is 12.6. The summed E-state index contributed by atoms with van der Waals surface area (Å²) in [7, 11) is 0. The number of amides is 1. The van der Waals surface area contributed by atoms with Crippen LogP contribution in [-0.4, -0.2) is 41.7 Å². The smallest absolute Gasteiger partial charge is 0.225 e. The minimum Gasteiger partial charge on any atom is -0.393 e. The summed E-state index contributed by atoms with van der Waals surface area (Å²) >= 11 is 0. The molecule has 21 heavy (non-hydrogen) atoms. The number of nitrogens with one attached hydrogen (secondary N) is 1. The molecule has 1 saturated heterocycles. The van der Waals surface area contributed by atoms with Gasteiger partial charge in [0.1, 0.15) is 0 Å². The second-order valence-corrected chi connectivity index (χ2v) is 5.79. The molecule has 0 radical (unpaired) electrons. The van der Waals surface area contributed by atoms with E-state index in [1.54, 1.807) is 0 Å². The SMILES string of the molecule is CC(O)C1CCN(CCC(=O)Nc2cccc(CN)c2)C1. The van der Waals surface area contributed by atoms with Crippen LogP contribution in [0.15, 0.2) is 24.3 Å². The highest BCUT2D eigenvalue weighted by Crippen LogP contribution is 2.19. The molecule has 2 unspecified atom stereocenters. The van der Waals surface area contributed by atoms with Crippen LogP contribution in [0.25, 0.3) is 0 Å². The molecule has 0 aromatic heterocycles. The molecule has 5 heteroatoms. The minimum absolute atomic E-state index is 0.0182. The maximum Gasteiger partial charge on any atom is 0.225 e. The Labute approximate surface area is 126 Å². The van der Waals surface area contributed by atoms with Gasteiger partial charge in [-0.25, -0.2) is 0 Å². The Morgan fingerprint density at radius 1 is 1.57 bits per heavy atom. The van der Waals surface area contributed by atoms with Gasteiger partial charge in [0, 0.05) is 31.7 Å². The maximum atomic E-state index is 12.0. The Balaban J connectivity index is 1.75. The van der Waals surface area contributed by atoms with E-state index in [1.807, 2.05) is 31.2 Å². The normalized spacial score (nSPS) is 20.4. The maximum absolute atomic E-state index is 12.0. The van der Waals surface area contributed by atoms with Gasteiger partial charge in [-0.15, -0.1) is 0 Å². The van der Waals surface area contributed by atoms with Gasteiger partial charge in [0.25, 0.3) is 0 Å². The van der Waals surface area contributed by atoms with Crippen molar-refractivity contribution in [2.75, 3.05) is 25.0 Å². The second kappa shape index (κ2) is 7.54. The highest BCUT2D eigenvalue weighted by atomic mass is 16.3. The van der Waals surface area contributed by atoms with Crippen molar-refractivity contribution in [1.29, 1.82) is 0 Å². The van der Waals surface area contributed by atoms with E-state index < -0.39 is 0 Å². The number of carbonyl (C=O) groups is 1. The summed E-state index contributed by atoms with van der Waals surface area (Å²) in [5.74, 6) is 0.360. The zero-order chi connectivity index (χ0) is 15.2. The van der Waals surface area contributed by atoms with E-state index in [0.717, 1.165) is 37.3 Å². The van der Waals surface area contributed by atoms with Crippen molar-refractivity contribution in [2.24, 2.45) is 11.7 Å². The van der Waals surface area contributed by atoms with Crippen molar-refractivity contribution in [3.63, 3.8) is 0 Å². The fraction of sp³-hybridized carbons (Fsp3) is 0.562. The Bertz CT molecular complexity index is 476. The van der Waals surface area contributed by atoms with E-state index in [-0.39, 0.29) is 12.0 Å². The van der Waals surface area contributed by atoms with Crippen LogP contribution < -0.4 is 11.1 Å². The molecule has 1 amide bonds. The number of nitrogens with zero attached hydrogens (tertiary/aromatic N) is 1. The standard InChI is InChI=1S/C16H25N3O2/c1-12(20)14-5-7-19(11-14)8-6-16(21)18-15-4-2-3-13(9-15)10-17/h2-4,9,12,14,20H,5-8,10-11,17H2,1H3,(H,18,21). The summed E-state index contributed by atoms with van der Waals surface area (Å²) in [6.45, 7) is 4.90. The van der Waals surface area contributed by atoms with Crippen molar-refractivity contribution in [3.05, 3.63) is 29.8 Å². The van der Waals surface area contributed by atoms with Crippen molar-refractivity contribution in [1.82, 2.24) is 4.90 Å². The zero-order valence-electron chi connectivity index (χ0n) is 12.6. The number of carbonyl (C=O) groups excluding carboxylic acids is 1. The van der Waals surface area contributed by atoms with Crippen molar-refractivity contribution in [2.45, 2.75) is 32.4 Å². The minimum atomic E-state index is -0.261. The summed E-state index contributed by atoms with van der Waals surface area (Å²) in [6.07, 6.45) is 1.22. The average molecular weight is 291 g/mol. The van der Waals surface area contributed by atoms with Crippen LogP contribution in [0.1, 0.15) is 25.3 Å². The van der Waals surface area contributed by atoms with Gasteiger partial charge in [-0.2, -0.15) is 0 Å². The monoisotopic (exact) mass is 291 g/mol. The lowest BCUT2D eigenvalue weighted by Crippen LogP contribution is -2.27. The van der Waals surface area contributed by atoms with E-state index in [9.17, 15) is 9.90 Å². The quantitative estimate of drug-likeness (QED) is 0.735. The molecular weight excluding hydrogens is 266 g/mol. The van der Waals surface area contributed by atoms with Crippen LogP contribution in [0.4, 0.5) is 5.69 Å². The van der Waals surface area contributed by atoms with E-state index in [2.05, 4.69) is 10.2 Å². The largest absolute Gasteiger partial charge is 0.393 e. The van der Waals surface area contributed by atoms with Gasteiger partial charge in [-0.3, -0.25) is 4.79 Å². The molecule has 0 spiro atoms. The summed E-state index contributed by atoms with van der Waals surface area (Å²) in [5.41, 5.74) is 7.39. The Morgan fingerprint density at radius 2 is 2.38 bits per heavy atom. The summed E-state index contributed by atoms with van der Waals surface area (Å²) in [6, 6.07) is 7.61. The number of hydrogen-bond donors (Lipinski definition) is 3.